The van der Waals surface area contributed by atoms with Gasteiger partial charge in [0.1, 0.15) is 0 Å². The summed E-state index contributed by atoms with van der Waals surface area (Å²) < 4.78 is 4.94. The van der Waals surface area contributed by atoms with Gasteiger partial charge in [-0.15, -0.1) is 0 Å². The summed E-state index contributed by atoms with van der Waals surface area (Å²) in [6, 6.07) is 6.20. The first-order valence-electron chi connectivity index (χ1n) is 5.50. The largest absolute Gasteiger partial charge is 0.360 e. The molecule has 2 heterocycles. The van der Waals surface area contributed by atoms with Gasteiger partial charge in [-0.25, -0.2) is 4.98 Å². The Morgan fingerprint density at radius 2 is 2.32 bits per heavy atom. The molecule has 2 N–H and O–H groups in total. The molecular formula is C11H9N5O3. The highest BCUT2D eigenvalue weighted by atomic mass is 16.6. The van der Waals surface area contributed by atoms with Crippen molar-refractivity contribution in [1.29, 1.82) is 0 Å². The summed E-state index contributed by atoms with van der Waals surface area (Å²) >= 11 is 0. The van der Waals surface area contributed by atoms with Crippen LogP contribution in [0.4, 0.5) is 11.6 Å². The number of aromatic amines is 1. The maximum Gasteiger partial charge on any atom is 0.271 e. The zero-order valence-electron chi connectivity index (χ0n) is 9.66. The molecule has 0 atom stereocenters. The van der Waals surface area contributed by atoms with Gasteiger partial charge in [0.2, 0.25) is 5.95 Å². The van der Waals surface area contributed by atoms with E-state index >= 15 is 0 Å². The molecule has 0 radical (unpaired) electrons. The third-order valence-corrected chi connectivity index (χ3v) is 2.60. The first-order valence-corrected chi connectivity index (χ1v) is 5.50. The number of nitro groups is 1. The van der Waals surface area contributed by atoms with Crippen molar-refractivity contribution in [1.82, 2.24) is 15.1 Å². The van der Waals surface area contributed by atoms with E-state index in [1.54, 1.807) is 18.3 Å². The van der Waals surface area contributed by atoms with Crippen LogP contribution >= 0.6 is 0 Å². The van der Waals surface area contributed by atoms with Gasteiger partial charge in [0.05, 0.1) is 28.7 Å². The van der Waals surface area contributed by atoms with Crippen LogP contribution < -0.4 is 5.32 Å². The van der Waals surface area contributed by atoms with Crippen molar-refractivity contribution < 1.29 is 9.45 Å². The smallest absolute Gasteiger partial charge is 0.271 e. The minimum absolute atomic E-state index is 0.0259. The quantitative estimate of drug-likeness (QED) is 0.548. The van der Waals surface area contributed by atoms with Crippen LogP contribution in [0.2, 0.25) is 0 Å². The normalized spacial score (nSPS) is 10.7. The van der Waals surface area contributed by atoms with Crippen LogP contribution in [0.15, 0.2) is 35.0 Å². The molecule has 0 saturated carbocycles. The molecule has 0 unspecified atom stereocenters. The molecule has 3 aromatic rings. The van der Waals surface area contributed by atoms with Gasteiger partial charge in [-0.2, -0.15) is 0 Å². The van der Waals surface area contributed by atoms with Crippen molar-refractivity contribution in [3.8, 4) is 0 Å². The molecule has 0 bridgehead atoms. The molecule has 0 saturated heterocycles. The number of nitro benzene ring substituents is 1. The molecule has 96 valence electrons. The number of anilines is 1. The number of rotatable bonds is 4. The van der Waals surface area contributed by atoms with E-state index in [9.17, 15) is 10.1 Å². The lowest BCUT2D eigenvalue weighted by Crippen LogP contribution is -1.99. The molecule has 2 aromatic heterocycles. The molecule has 0 fully saturated rings. The van der Waals surface area contributed by atoms with Crippen molar-refractivity contribution >= 4 is 22.7 Å². The predicted octanol–water partition coefficient (Wildman–Crippen LogP) is 2.07. The molecule has 1 aromatic carbocycles. The Morgan fingerprint density at radius 3 is 3.05 bits per heavy atom. The Morgan fingerprint density at radius 1 is 1.42 bits per heavy atom. The SMILES string of the molecule is O=[N+]([O-])c1ccc2nc(NCc3ccno3)[nH]c2c1. The average molecular weight is 259 g/mol. The first kappa shape index (κ1) is 11.2. The van der Waals surface area contributed by atoms with Crippen LogP contribution in [0.5, 0.6) is 0 Å². The maximum absolute atomic E-state index is 10.7. The van der Waals surface area contributed by atoms with Gasteiger partial charge < -0.3 is 14.8 Å². The minimum atomic E-state index is -0.443. The number of fused-ring (bicyclic) bond motifs is 1. The lowest BCUT2D eigenvalue weighted by Gasteiger charge is -1.97. The van der Waals surface area contributed by atoms with E-state index in [4.69, 9.17) is 4.52 Å². The summed E-state index contributed by atoms with van der Waals surface area (Å²) in [6.07, 6.45) is 1.55. The van der Waals surface area contributed by atoms with E-state index < -0.39 is 4.92 Å². The lowest BCUT2D eigenvalue weighted by atomic mass is 10.3. The van der Waals surface area contributed by atoms with Crippen LogP contribution in [-0.2, 0) is 6.54 Å². The number of nitrogens with zero attached hydrogens (tertiary/aromatic N) is 3. The fourth-order valence-corrected chi connectivity index (χ4v) is 1.70. The number of benzene rings is 1. The molecule has 3 rings (SSSR count). The van der Waals surface area contributed by atoms with E-state index in [1.807, 2.05) is 0 Å². The number of non-ortho nitro benzene ring substituents is 1. The molecule has 0 aliphatic heterocycles. The van der Waals surface area contributed by atoms with Gasteiger partial charge in [0.25, 0.3) is 5.69 Å². The van der Waals surface area contributed by atoms with Crippen LogP contribution in [0.1, 0.15) is 5.76 Å². The highest BCUT2D eigenvalue weighted by Gasteiger charge is 2.09. The van der Waals surface area contributed by atoms with Gasteiger partial charge in [-0.1, -0.05) is 5.16 Å². The Bertz CT molecular complexity index is 719. The monoisotopic (exact) mass is 259 g/mol. The van der Waals surface area contributed by atoms with Gasteiger partial charge in [-0.05, 0) is 6.07 Å². The number of hydrogen-bond donors (Lipinski definition) is 2. The number of aromatic nitrogens is 3. The Labute approximate surface area is 106 Å². The highest BCUT2D eigenvalue weighted by Crippen LogP contribution is 2.20. The second-order valence-electron chi connectivity index (χ2n) is 3.88. The van der Waals surface area contributed by atoms with Crippen molar-refractivity contribution in [3.63, 3.8) is 0 Å². The van der Waals surface area contributed by atoms with Gasteiger partial charge in [0, 0.05) is 18.2 Å². The standard InChI is InChI=1S/C11H9N5O3/c17-16(18)7-1-2-9-10(5-7)15-11(14-9)12-6-8-3-4-13-19-8/h1-5H,6H2,(H2,12,14,15). The van der Waals surface area contributed by atoms with Crippen LogP contribution in [0.3, 0.4) is 0 Å². The lowest BCUT2D eigenvalue weighted by molar-refractivity contribution is -0.384. The minimum Gasteiger partial charge on any atom is -0.360 e. The van der Waals surface area contributed by atoms with E-state index in [2.05, 4.69) is 20.4 Å². The number of hydrogen-bond acceptors (Lipinski definition) is 6. The summed E-state index contributed by atoms with van der Waals surface area (Å²) in [4.78, 5) is 17.5. The molecule has 8 heteroatoms. The van der Waals surface area contributed by atoms with E-state index in [1.165, 1.54) is 12.1 Å². The van der Waals surface area contributed by atoms with Gasteiger partial charge in [0.15, 0.2) is 5.76 Å². The van der Waals surface area contributed by atoms with Crippen molar-refractivity contribution in [2.75, 3.05) is 5.32 Å². The number of imidazole rings is 1. The van der Waals surface area contributed by atoms with Gasteiger partial charge in [-0.3, -0.25) is 10.1 Å². The second-order valence-corrected chi connectivity index (χ2v) is 3.88. The summed E-state index contributed by atoms with van der Waals surface area (Å²) in [5.41, 5.74) is 1.29. The van der Waals surface area contributed by atoms with E-state index in [0.29, 0.717) is 29.3 Å². The average Bonchev–Trinajstić information content (AvgIpc) is 3.04. The molecule has 19 heavy (non-hydrogen) atoms. The first-order chi connectivity index (χ1) is 9.22. The summed E-state index contributed by atoms with van der Waals surface area (Å²) in [6.45, 7) is 0.432. The maximum atomic E-state index is 10.7. The number of H-pyrrole nitrogens is 1. The Kier molecular flexibility index (Phi) is 2.60. The summed E-state index contributed by atoms with van der Waals surface area (Å²) in [5.74, 6) is 1.19. The Hall–Kier alpha value is -2.90. The molecule has 0 aliphatic carbocycles. The third kappa shape index (κ3) is 2.23. The van der Waals surface area contributed by atoms with Crippen LogP contribution in [-0.4, -0.2) is 20.0 Å². The molecule has 0 aliphatic rings. The zero-order valence-corrected chi connectivity index (χ0v) is 9.66. The fraction of sp³-hybridized carbons (Fsp3) is 0.0909. The molecule has 0 spiro atoms. The highest BCUT2D eigenvalue weighted by molar-refractivity contribution is 5.79. The predicted molar refractivity (Wildman–Crippen MR) is 66.6 cm³/mol. The van der Waals surface area contributed by atoms with Crippen molar-refractivity contribution in [2.45, 2.75) is 6.54 Å². The Balaban J connectivity index is 1.83. The number of nitrogens with one attached hydrogen (secondary N) is 2. The van der Waals surface area contributed by atoms with Crippen molar-refractivity contribution in [2.24, 2.45) is 0 Å². The summed E-state index contributed by atoms with van der Waals surface area (Å²) in [5, 5.41) is 17.3. The van der Waals surface area contributed by atoms with Crippen LogP contribution in [0, 0.1) is 10.1 Å². The molecule has 0 amide bonds. The third-order valence-electron chi connectivity index (χ3n) is 2.60. The summed E-state index contributed by atoms with van der Waals surface area (Å²) in [7, 11) is 0. The van der Waals surface area contributed by atoms with E-state index in [0.717, 1.165) is 0 Å². The van der Waals surface area contributed by atoms with E-state index in [-0.39, 0.29) is 5.69 Å². The fourth-order valence-electron chi connectivity index (χ4n) is 1.70. The van der Waals surface area contributed by atoms with Gasteiger partial charge >= 0.3 is 0 Å². The second kappa shape index (κ2) is 4.41. The van der Waals surface area contributed by atoms with Crippen LogP contribution in [0.25, 0.3) is 11.0 Å². The van der Waals surface area contributed by atoms with Crippen molar-refractivity contribution in [3.05, 3.63) is 46.3 Å². The zero-order chi connectivity index (χ0) is 13.2. The molecule has 8 nitrogen and oxygen atoms in total. The molecular weight excluding hydrogens is 250 g/mol. The topological polar surface area (TPSA) is 110 Å².